The number of carbonyl (C=O) groups excluding carboxylic acids is 1. The molecule has 0 spiro atoms. The average Bonchev–Trinajstić information content (AvgIpc) is 3.14. The molecule has 0 saturated carbocycles. The van der Waals surface area contributed by atoms with E-state index in [9.17, 15) is 15.0 Å². The Balaban J connectivity index is 2.73. The summed E-state index contributed by atoms with van der Waals surface area (Å²) in [5.74, 6) is -0.287. The number of esters is 1. The van der Waals surface area contributed by atoms with E-state index in [-0.39, 0.29) is 64.4 Å². The lowest BCUT2D eigenvalue weighted by Gasteiger charge is -2.33. The van der Waals surface area contributed by atoms with E-state index in [2.05, 4.69) is 0 Å². The smallest absolute Gasteiger partial charge is 0.305 e. The van der Waals surface area contributed by atoms with Crippen LogP contribution in [0.25, 0.3) is 0 Å². The van der Waals surface area contributed by atoms with E-state index >= 15 is 0 Å². The molecule has 10 nitrogen and oxygen atoms in total. The first kappa shape index (κ1) is 30.2. The fourth-order valence-corrected chi connectivity index (χ4v) is 3.39. The van der Waals surface area contributed by atoms with Gasteiger partial charge in [-0.3, -0.25) is 4.79 Å². The summed E-state index contributed by atoms with van der Waals surface area (Å²) in [4.78, 5) is 11.2. The SMILES string of the molecule is CCC(=O)OCCOCC(OCCO)C1OCC(OC(C)(C)CCOC(C)C)C1OCCO. The molecule has 1 saturated heterocycles. The quantitative estimate of drug-likeness (QED) is 0.205. The number of carbonyl (C=O) groups is 1. The predicted octanol–water partition coefficient (Wildman–Crippen LogP) is 1.09. The normalized spacial score (nSPS) is 22.1. The summed E-state index contributed by atoms with van der Waals surface area (Å²) in [6.45, 7) is 11.0. The van der Waals surface area contributed by atoms with Crippen molar-refractivity contribution in [1.82, 2.24) is 0 Å². The summed E-state index contributed by atoms with van der Waals surface area (Å²) in [5, 5.41) is 18.5. The molecule has 0 aromatic rings. The Hall–Kier alpha value is -0.850. The van der Waals surface area contributed by atoms with Crippen LogP contribution in [0.4, 0.5) is 0 Å². The second kappa shape index (κ2) is 16.7. The van der Waals surface area contributed by atoms with Gasteiger partial charge in [0.15, 0.2) is 0 Å². The average molecular weight is 481 g/mol. The largest absolute Gasteiger partial charge is 0.463 e. The summed E-state index contributed by atoms with van der Waals surface area (Å²) < 4.78 is 40.3. The molecule has 10 heteroatoms. The van der Waals surface area contributed by atoms with E-state index in [1.165, 1.54) is 0 Å². The molecule has 33 heavy (non-hydrogen) atoms. The molecule has 4 atom stereocenters. The van der Waals surface area contributed by atoms with Gasteiger partial charge in [-0.05, 0) is 34.1 Å². The third-order valence-corrected chi connectivity index (χ3v) is 5.02. The highest BCUT2D eigenvalue weighted by molar-refractivity contribution is 5.68. The lowest BCUT2D eigenvalue weighted by molar-refractivity contribution is -0.155. The van der Waals surface area contributed by atoms with E-state index in [1.54, 1.807) is 6.92 Å². The van der Waals surface area contributed by atoms with Gasteiger partial charge in [0.1, 0.15) is 31.0 Å². The topological polar surface area (TPSA) is 122 Å². The molecule has 1 aliphatic rings. The number of hydrogen-bond acceptors (Lipinski definition) is 10. The van der Waals surface area contributed by atoms with Gasteiger partial charge in [-0.15, -0.1) is 0 Å². The van der Waals surface area contributed by atoms with Crippen LogP contribution in [0.3, 0.4) is 0 Å². The van der Waals surface area contributed by atoms with Gasteiger partial charge >= 0.3 is 5.97 Å². The van der Waals surface area contributed by atoms with Gasteiger partial charge in [-0.1, -0.05) is 6.92 Å². The van der Waals surface area contributed by atoms with Crippen molar-refractivity contribution >= 4 is 5.97 Å². The van der Waals surface area contributed by atoms with Crippen LogP contribution in [0, 0.1) is 0 Å². The van der Waals surface area contributed by atoms with Gasteiger partial charge in [-0.25, -0.2) is 0 Å². The van der Waals surface area contributed by atoms with Crippen LogP contribution in [0.15, 0.2) is 0 Å². The molecule has 1 heterocycles. The van der Waals surface area contributed by atoms with E-state index < -0.39 is 23.9 Å². The monoisotopic (exact) mass is 480 g/mol. The van der Waals surface area contributed by atoms with Crippen molar-refractivity contribution in [3.8, 4) is 0 Å². The zero-order chi connectivity index (χ0) is 24.7. The van der Waals surface area contributed by atoms with Crippen molar-refractivity contribution in [2.24, 2.45) is 0 Å². The predicted molar refractivity (Wildman–Crippen MR) is 120 cm³/mol. The second-order valence-corrected chi connectivity index (χ2v) is 8.72. The molecule has 4 unspecified atom stereocenters. The molecular formula is C23H44O10. The van der Waals surface area contributed by atoms with Crippen molar-refractivity contribution in [2.75, 3.05) is 59.5 Å². The zero-order valence-corrected chi connectivity index (χ0v) is 20.8. The molecule has 2 N–H and O–H groups in total. The fraction of sp³-hybridized carbons (Fsp3) is 0.957. The zero-order valence-electron chi connectivity index (χ0n) is 20.8. The molecule has 196 valence electrons. The van der Waals surface area contributed by atoms with Crippen molar-refractivity contribution in [3.05, 3.63) is 0 Å². The van der Waals surface area contributed by atoms with Crippen molar-refractivity contribution in [2.45, 2.75) is 83.6 Å². The van der Waals surface area contributed by atoms with Gasteiger partial charge in [0.2, 0.25) is 0 Å². The highest BCUT2D eigenvalue weighted by Gasteiger charge is 2.45. The third kappa shape index (κ3) is 12.4. The molecule has 0 radical (unpaired) electrons. The number of rotatable bonds is 19. The fourth-order valence-electron chi connectivity index (χ4n) is 3.39. The van der Waals surface area contributed by atoms with Crippen LogP contribution in [0.1, 0.15) is 47.5 Å². The Morgan fingerprint density at radius 3 is 2.42 bits per heavy atom. The van der Waals surface area contributed by atoms with Gasteiger partial charge in [0.05, 0.1) is 58.0 Å². The molecule has 0 bridgehead atoms. The highest BCUT2D eigenvalue weighted by atomic mass is 16.6. The van der Waals surface area contributed by atoms with E-state index in [0.717, 1.165) is 0 Å². The Morgan fingerprint density at radius 2 is 1.79 bits per heavy atom. The first-order chi connectivity index (χ1) is 15.7. The van der Waals surface area contributed by atoms with Gasteiger partial charge in [-0.2, -0.15) is 0 Å². The Morgan fingerprint density at radius 1 is 1.06 bits per heavy atom. The lowest BCUT2D eigenvalue weighted by Crippen LogP contribution is -2.47. The summed E-state index contributed by atoms with van der Waals surface area (Å²) in [5.41, 5.74) is -0.472. The first-order valence-electron chi connectivity index (χ1n) is 11.8. The van der Waals surface area contributed by atoms with Crippen molar-refractivity contribution in [3.63, 3.8) is 0 Å². The maximum absolute atomic E-state index is 11.2. The second-order valence-electron chi connectivity index (χ2n) is 8.72. The number of ether oxygens (including phenoxy) is 7. The van der Waals surface area contributed by atoms with Crippen LogP contribution in [-0.4, -0.2) is 112 Å². The third-order valence-electron chi connectivity index (χ3n) is 5.02. The van der Waals surface area contributed by atoms with E-state index in [1.807, 2.05) is 27.7 Å². The lowest BCUT2D eigenvalue weighted by atomic mass is 10.0. The number of hydrogen-bond donors (Lipinski definition) is 2. The Labute approximate surface area is 197 Å². The van der Waals surface area contributed by atoms with Crippen LogP contribution in [0.5, 0.6) is 0 Å². The van der Waals surface area contributed by atoms with Gasteiger partial charge < -0.3 is 43.4 Å². The Bertz CT molecular complexity index is 513. The Kier molecular flexibility index (Phi) is 15.3. The van der Waals surface area contributed by atoms with E-state index in [0.29, 0.717) is 26.1 Å². The molecule has 0 aliphatic carbocycles. The van der Waals surface area contributed by atoms with Crippen LogP contribution in [-0.2, 0) is 38.0 Å². The minimum Gasteiger partial charge on any atom is -0.463 e. The summed E-state index contributed by atoms with van der Waals surface area (Å²) in [6, 6.07) is 0. The van der Waals surface area contributed by atoms with Gasteiger partial charge in [0.25, 0.3) is 0 Å². The summed E-state index contributed by atoms with van der Waals surface area (Å²) >= 11 is 0. The summed E-state index contributed by atoms with van der Waals surface area (Å²) in [6.07, 6.45) is -0.769. The van der Waals surface area contributed by atoms with Crippen LogP contribution < -0.4 is 0 Å². The number of aliphatic hydroxyl groups is 2. The van der Waals surface area contributed by atoms with Crippen LogP contribution >= 0.6 is 0 Å². The molecule has 1 aliphatic heterocycles. The molecule has 1 rings (SSSR count). The van der Waals surface area contributed by atoms with E-state index in [4.69, 9.17) is 33.2 Å². The minimum atomic E-state index is -0.538. The van der Waals surface area contributed by atoms with Crippen molar-refractivity contribution < 1.29 is 48.2 Å². The van der Waals surface area contributed by atoms with Crippen LogP contribution in [0.2, 0.25) is 0 Å². The summed E-state index contributed by atoms with van der Waals surface area (Å²) in [7, 11) is 0. The first-order valence-corrected chi connectivity index (χ1v) is 11.8. The number of aliphatic hydroxyl groups excluding tert-OH is 2. The molecule has 0 aromatic carbocycles. The minimum absolute atomic E-state index is 0.106. The molecular weight excluding hydrogens is 436 g/mol. The highest BCUT2D eigenvalue weighted by Crippen LogP contribution is 2.29. The molecule has 1 fully saturated rings. The van der Waals surface area contributed by atoms with Gasteiger partial charge in [0, 0.05) is 13.0 Å². The maximum Gasteiger partial charge on any atom is 0.305 e. The van der Waals surface area contributed by atoms with Crippen molar-refractivity contribution in [1.29, 1.82) is 0 Å². The molecule has 0 aromatic heterocycles. The standard InChI is InChI=1S/C23H44O10/c1-6-20(26)30-14-13-27-15-18(29-11-8-24)21-22(31-12-9-25)19(16-32-21)33-23(4,5)7-10-28-17(2)3/h17-19,21-22,24-25H,6-16H2,1-5H3. The maximum atomic E-state index is 11.2. The molecule has 0 amide bonds.